The highest BCUT2D eigenvalue weighted by Crippen LogP contribution is 1.98. The van der Waals surface area contributed by atoms with Crippen molar-refractivity contribution >= 4 is 17.9 Å². The highest BCUT2D eigenvalue weighted by Gasteiger charge is 2.18. The van der Waals surface area contributed by atoms with Crippen LogP contribution in [0.5, 0.6) is 0 Å². The minimum absolute atomic E-state index is 0.255. The number of nitrogens with two attached hydrogens (primary N) is 1. The Balaban J connectivity index is 3.95. The van der Waals surface area contributed by atoms with Gasteiger partial charge in [-0.15, -0.1) is 0 Å². The molecule has 0 saturated heterocycles. The van der Waals surface area contributed by atoms with Gasteiger partial charge in [-0.2, -0.15) is 0 Å². The molecule has 0 fully saturated rings. The molecule has 0 bridgehead atoms. The van der Waals surface area contributed by atoms with Gasteiger partial charge >= 0.3 is 12.0 Å². The Morgan fingerprint density at radius 1 is 1.35 bits per heavy atom. The van der Waals surface area contributed by atoms with Crippen molar-refractivity contribution in [3.8, 4) is 0 Å². The van der Waals surface area contributed by atoms with Crippen LogP contribution in [-0.4, -0.2) is 35.6 Å². The van der Waals surface area contributed by atoms with Crippen LogP contribution >= 0.6 is 0 Å². The molecule has 17 heavy (non-hydrogen) atoms. The zero-order valence-electron chi connectivity index (χ0n) is 9.86. The molecule has 1 atom stereocenters. The van der Waals surface area contributed by atoms with E-state index in [-0.39, 0.29) is 12.3 Å². The zero-order chi connectivity index (χ0) is 13.3. The van der Waals surface area contributed by atoms with E-state index in [1.54, 1.807) is 0 Å². The smallest absolute Gasteiger partial charge is 0.326 e. The third-order valence-electron chi connectivity index (χ3n) is 2.08. The molecule has 0 rings (SSSR count). The molecular formula is C10H19N3O4. The Kier molecular flexibility index (Phi) is 7.49. The van der Waals surface area contributed by atoms with E-state index in [1.165, 1.54) is 0 Å². The lowest BCUT2D eigenvalue weighted by Crippen LogP contribution is -2.41. The molecule has 7 heteroatoms. The molecule has 0 aliphatic rings. The molecule has 0 radical (unpaired) electrons. The van der Waals surface area contributed by atoms with Crippen molar-refractivity contribution < 1.29 is 19.5 Å². The predicted octanol–water partition coefficient (Wildman–Crippen LogP) is -0.196. The summed E-state index contributed by atoms with van der Waals surface area (Å²) in [6.45, 7) is 2.13. The van der Waals surface area contributed by atoms with E-state index in [0.29, 0.717) is 25.8 Å². The maximum atomic E-state index is 11.2. The molecule has 0 unspecified atom stereocenters. The van der Waals surface area contributed by atoms with Crippen molar-refractivity contribution in [3.05, 3.63) is 0 Å². The number of urea groups is 1. The number of carboxylic acid groups (broad SMARTS) is 1. The van der Waals surface area contributed by atoms with Gasteiger partial charge in [0.2, 0.25) is 5.91 Å². The number of hydrogen-bond donors (Lipinski definition) is 4. The third-order valence-corrected chi connectivity index (χ3v) is 2.08. The minimum atomic E-state index is -1.08. The van der Waals surface area contributed by atoms with Gasteiger partial charge in [-0.25, -0.2) is 9.59 Å². The number of hydrogen-bond acceptors (Lipinski definition) is 3. The van der Waals surface area contributed by atoms with Gasteiger partial charge in [-0.05, 0) is 19.3 Å². The van der Waals surface area contributed by atoms with Gasteiger partial charge in [-0.3, -0.25) is 4.79 Å². The van der Waals surface area contributed by atoms with E-state index in [2.05, 4.69) is 10.6 Å². The molecule has 7 nitrogen and oxygen atoms in total. The van der Waals surface area contributed by atoms with Crippen molar-refractivity contribution in [1.29, 1.82) is 0 Å². The highest BCUT2D eigenvalue weighted by atomic mass is 16.4. The Hall–Kier alpha value is -1.79. The quantitative estimate of drug-likeness (QED) is 0.442. The second-order valence-electron chi connectivity index (χ2n) is 3.64. The number of primary amides is 1. The van der Waals surface area contributed by atoms with Crippen molar-refractivity contribution in [2.75, 3.05) is 6.54 Å². The van der Waals surface area contributed by atoms with Gasteiger partial charge in [0.1, 0.15) is 6.04 Å². The van der Waals surface area contributed by atoms with Crippen LogP contribution in [0.25, 0.3) is 0 Å². The second kappa shape index (κ2) is 8.37. The monoisotopic (exact) mass is 245 g/mol. The summed E-state index contributed by atoms with van der Waals surface area (Å²) in [6, 6.07) is -1.56. The van der Waals surface area contributed by atoms with Gasteiger partial charge in [0.05, 0.1) is 0 Å². The zero-order valence-corrected chi connectivity index (χ0v) is 9.86. The van der Waals surface area contributed by atoms with E-state index in [9.17, 15) is 14.4 Å². The Bertz CT molecular complexity index is 281. The van der Waals surface area contributed by atoms with Crippen LogP contribution in [0.15, 0.2) is 0 Å². The maximum Gasteiger partial charge on any atom is 0.326 e. The topological polar surface area (TPSA) is 122 Å². The van der Waals surface area contributed by atoms with Gasteiger partial charge < -0.3 is 21.5 Å². The molecule has 3 amide bonds. The summed E-state index contributed by atoms with van der Waals surface area (Å²) in [7, 11) is 0. The van der Waals surface area contributed by atoms with Gasteiger partial charge in [0, 0.05) is 13.0 Å². The Morgan fingerprint density at radius 3 is 2.47 bits per heavy atom. The molecule has 98 valence electrons. The van der Waals surface area contributed by atoms with E-state index in [1.807, 2.05) is 6.92 Å². The summed E-state index contributed by atoms with van der Waals surface area (Å²) >= 11 is 0. The van der Waals surface area contributed by atoms with Crippen LogP contribution in [0.1, 0.15) is 32.6 Å². The maximum absolute atomic E-state index is 11.2. The number of rotatable bonds is 8. The fraction of sp³-hybridized carbons (Fsp3) is 0.700. The molecule has 0 heterocycles. The van der Waals surface area contributed by atoms with Crippen LogP contribution < -0.4 is 16.4 Å². The van der Waals surface area contributed by atoms with Gasteiger partial charge in [0.25, 0.3) is 0 Å². The first-order valence-corrected chi connectivity index (χ1v) is 5.52. The lowest BCUT2D eigenvalue weighted by molar-refractivity contribution is -0.142. The Morgan fingerprint density at radius 2 is 2.00 bits per heavy atom. The lowest BCUT2D eigenvalue weighted by Gasteiger charge is -2.14. The van der Waals surface area contributed by atoms with Crippen LogP contribution in [0.3, 0.4) is 0 Å². The van der Waals surface area contributed by atoms with E-state index in [4.69, 9.17) is 10.8 Å². The summed E-state index contributed by atoms with van der Waals surface area (Å²) in [4.78, 5) is 32.4. The first-order chi connectivity index (χ1) is 7.97. The van der Waals surface area contributed by atoms with Crippen molar-refractivity contribution in [2.45, 2.75) is 38.6 Å². The first-order valence-electron chi connectivity index (χ1n) is 5.52. The largest absolute Gasteiger partial charge is 0.480 e. The normalized spacial score (nSPS) is 11.6. The molecule has 0 aromatic carbocycles. The molecule has 0 aromatic rings. The molecule has 5 N–H and O–H groups in total. The number of carboxylic acids is 1. The van der Waals surface area contributed by atoms with Crippen LogP contribution in [0, 0.1) is 0 Å². The first kappa shape index (κ1) is 15.2. The summed E-state index contributed by atoms with van der Waals surface area (Å²) < 4.78 is 0. The number of amides is 3. The minimum Gasteiger partial charge on any atom is -0.480 e. The fourth-order valence-corrected chi connectivity index (χ4v) is 1.27. The molecule has 0 aliphatic heterocycles. The van der Waals surface area contributed by atoms with Crippen LogP contribution in [-0.2, 0) is 9.59 Å². The van der Waals surface area contributed by atoms with E-state index in [0.717, 1.165) is 0 Å². The molecule has 0 saturated carbocycles. The molecule has 0 aromatic heterocycles. The van der Waals surface area contributed by atoms with Crippen LogP contribution in [0.4, 0.5) is 4.79 Å². The Labute approximate surface area is 99.7 Å². The van der Waals surface area contributed by atoms with Gasteiger partial charge in [0.15, 0.2) is 0 Å². The van der Waals surface area contributed by atoms with E-state index < -0.39 is 18.0 Å². The van der Waals surface area contributed by atoms with Crippen molar-refractivity contribution in [2.24, 2.45) is 5.73 Å². The van der Waals surface area contributed by atoms with Crippen LogP contribution in [0.2, 0.25) is 0 Å². The summed E-state index contributed by atoms with van der Waals surface area (Å²) in [5, 5.41) is 13.6. The SMILES string of the molecule is CCCC(=O)N[C@@H](CCCNC(N)=O)C(=O)O. The molecule has 0 aliphatic carbocycles. The van der Waals surface area contributed by atoms with E-state index >= 15 is 0 Å². The number of aliphatic carboxylic acids is 1. The average molecular weight is 245 g/mol. The predicted molar refractivity (Wildman–Crippen MR) is 61.3 cm³/mol. The summed E-state index contributed by atoms with van der Waals surface area (Å²) in [6.07, 6.45) is 1.67. The lowest BCUT2D eigenvalue weighted by atomic mass is 10.1. The third kappa shape index (κ3) is 8.06. The standard InChI is InChI=1S/C10H19N3O4/c1-2-4-8(14)13-7(9(15)16)5-3-6-12-10(11)17/h7H,2-6H2,1H3,(H,13,14)(H,15,16)(H3,11,12,17)/t7-/m0/s1. The van der Waals surface area contributed by atoms with Crippen molar-refractivity contribution in [1.82, 2.24) is 10.6 Å². The highest BCUT2D eigenvalue weighted by molar-refractivity contribution is 5.83. The summed E-state index contributed by atoms with van der Waals surface area (Å²) in [5.74, 6) is -1.35. The molecule has 0 spiro atoms. The second-order valence-corrected chi connectivity index (χ2v) is 3.64. The number of carbonyl (C=O) groups excluding carboxylic acids is 2. The van der Waals surface area contributed by atoms with Gasteiger partial charge in [-0.1, -0.05) is 6.92 Å². The summed E-state index contributed by atoms with van der Waals surface area (Å²) in [5.41, 5.74) is 4.85. The fourth-order valence-electron chi connectivity index (χ4n) is 1.27. The molecular weight excluding hydrogens is 226 g/mol. The number of nitrogens with one attached hydrogen (secondary N) is 2. The average Bonchev–Trinajstić information content (AvgIpc) is 2.22. The van der Waals surface area contributed by atoms with Crippen molar-refractivity contribution in [3.63, 3.8) is 0 Å². The number of carbonyl (C=O) groups is 3.